The van der Waals surface area contributed by atoms with Crippen molar-refractivity contribution in [2.24, 2.45) is 0 Å². The number of benzene rings is 1. The molecule has 1 rings (SSSR count). The first-order valence-electron chi connectivity index (χ1n) is 6.18. The van der Waals surface area contributed by atoms with Gasteiger partial charge in [-0.05, 0) is 31.0 Å². The Morgan fingerprint density at radius 1 is 1.40 bits per heavy atom. The van der Waals surface area contributed by atoms with Gasteiger partial charge in [0.15, 0.2) is 0 Å². The first-order chi connectivity index (χ1) is 9.18. The maximum Gasteiger partial charge on any atom is 0.264 e. The predicted molar refractivity (Wildman–Crippen MR) is 76.0 cm³/mol. The summed E-state index contributed by atoms with van der Waals surface area (Å²) in [5.41, 5.74) is 0.181. The first kappa shape index (κ1) is 16.9. The lowest BCUT2D eigenvalue weighted by atomic mass is 10.1. The van der Waals surface area contributed by atoms with Gasteiger partial charge in [0.1, 0.15) is 10.7 Å². The number of carbonyl (C=O) groups is 1. The van der Waals surface area contributed by atoms with Crippen molar-refractivity contribution >= 4 is 25.6 Å². The Labute approximate surface area is 123 Å². The largest absolute Gasteiger partial charge is 0.342 e. The van der Waals surface area contributed by atoms with E-state index in [4.69, 9.17) is 10.7 Å². The maximum absolute atomic E-state index is 13.8. The van der Waals surface area contributed by atoms with Crippen LogP contribution in [-0.2, 0) is 9.05 Å². The smallest absolute Gasteiger partial charge is 0.264 e. The van der Waals surface area contributed by atoms with Gasteiger partial charge < -0.3 is 4.90 Å². The van der Waals surface area contributed by atoms with Gasteiger partial charge >= 0.3 is 0 Å². The normalized spacial score (nSPS) is 11.4. The zero-order valence-electron chi connectivity index (χ0n) is 11.6. The number of rotatable bonds is 5. The van der Waals surface area contributed by atoms with Crippen molar-refractivity contribution in [2.45, 2.75) is 31.6 Å². The van der Waals surface area contributed by atoms with Gasteiger partial charge in [-0.2, -0.15) is 0 Å². The Kier molecular flexibility index (Phi) is 5.53. The topological polar surface area (TPSA) is 54.5 Å². The van der Waals surface area contributed by atoms with Crippen LogP contribution < -0.4 is 0 Å². The summed E-state index contributed by atoms with van der Waals surface area (Å²) >= 11 is 0. The molecule has 7 heteroatoms. The Hall–Kier alpha value is -1.14. The lowest BCUT2D eigenvalue weighted by molar-refractivity contribution is 0.0793. The van der Waals surface area contributed by atoms with Crippen molar-refractivity contribution < 1.29 is 17.6 Å². The van der Waals surface area contributed by atoms with E-state index < -0.39 is 19.8 Å². The van der Waals surface area contributed by atoms with Gasteiger partial charge in [0.2, 0.25) is 0 Å². The van der Waals surface area contributed by atoms with E-state index >= 15 is 0 Å². The lowest BCUT2D eigenvalue weighted by Gasteiger charge is -2.17. The molecule has 20 heavy (non-hydrogen) atoms. The number of carbonyl (C=O) groups excluding carboxylic acids is 1. The molecule has 0 atom stereocenters. The summed E-state index contributed by atoms with van der Waals surface area (Å²) in [4.78, 5) is 13.0. The molecule has 0 heterocycles. The first-order valence-corrected chi connectivity index (χ1v) is 8.49. The zero-order chi connectivity index (χ0) is 15.5. The minimum Gasteiger partial charge on any atom is -0.342 e. The molecule has 112 valence electrons. The molecule has 0 aromatic heterocycles. The third kappa shape index (κ3) is 3.93. The van der Waals surface area contributed by atoms with Crippen molar-refractivity contribution in [3.05, 3.63) is 29.1 Å². The van der Waals surface area contributed by atoms with Crippen LogP contribution in [0.1, 0.15) is 35.7 Å². The van der Waals surface area contributed by atoms with Gasteiger partial charge in [-0.3, -0.25) is 4.79 Å². The van der Waals surface area contributed by atoms with E-state index in [1.165, 1.54) is 17.9 Å². The Balaban J connectivity index is 3.21. The summed E-state index contributed by atoms with van der Waals surface area (Å²) in [6.07, 6.45) is 1.77. The molecule has 0 radical (unpaired) electrons. The molecule has 0 saturated heterocycles. The van der Waals surface area contributed by atoms with Crippen LogP contribution in [0.15, 0.2) is 17.0 Å². The SMILES string of the molecule is CCCCN(C)C(=O)c1cc(C)c(F)c(S(=O)(=O)Cl)c1. The standard InChI is InChI=1S/C13H17ClFNO3S/c1-4-5-6-16(3)13(17)10-7-9(2)12(15)11(8-10)20(14,18)19/h7-8H,4-6H2,1-3H3. The van der Waals surface area contributed by atoms with E-state index in [0.29, 0.717) is 6.54 Å². The second kappa shape index (κ2) is 6.54. The molecule has 4 nitrogen and oxygen atoms in total. The van der Waals surface area contributed by atoms with Crippen molar-refractivity contribution in [1.29, 1.82) is 0 Å². The highest BCUT2D eigenvalue weighted by atomic mass is 35.7. The average molecular weight is 322 g/mol. The summed E-state index contributed by atoms with van der Waals surface area (Å²) in [5, 5.41) is 0. The number of aryl methyl sites for hydroxylation is 1. The van der Waals surface area contributed by atoms with E-state index in [1.807, 2.05) is 6.92 Å². The van der Waals surface area contributed by atoms with Crippen LogP contribution in [0.3, 0.4) is 0 Å². The highest BCUT2D eigenvalue weighted by molar-refractivity contribution is 8.13. The predicted octanol–water partition coefficient (Wildman–Crippen LogP) is 2.93. The molecule has 0 N–H and O–H groups in total. The molecule has 0 aliphatic carbocycles. The molecule has 1 aromatic carbocycles. The fourth-order valence-electron chi connectivity index (χ4n) is 1.76. The summed E-state index contributed by atoms with van der Waals surface area (Å²) in [6, 6.07) is 2.31. The van der Waals surface area contributed by atoms with E-state index in [2.05, 4.69) is 0 Å². The maximum atomic E-state index is 13.8. The molecular weight excluding hydrogens is 305 g/mol. The minimum absolute atomic E-state index is 0.0685. The van der Waals surface area contributed by atoms with Crippen LogP contribution in [-0.4, -0.2) is 32.8 Å². The van der Waals surface area contributed by atoms with Gasteiger partial charge in [-0.25, -0.2) is 12.8 Å². The minimum atomic E-state index is -4.23. The van der Waals surface area contributed by atoms with Crippen LogP contribution >= 0.6 is 10.7 Å². The van der Waals surface area contributed by atoms with Crippen LogP contribution in [0.2, 0.25) is 0 Å². The summed E-state index contributed by atoms with van der Waals surface area (Å²) < 4.78 is 36.4. The highest BCUT2D eigenvalue weighted by Crippen LogP contribution is 2.24. The van der Waals surface area contributed by atoms with Crippen molar-refractivity contribution in [3.8, 4) is 0 Å². The number of nitrogens with zero attached hydrogens (tertiary/aromatic N) is 1. The quantitative estimate of drug-likeness (QED) is 0.783. The monoisotopic (exact) mass is 321 g/mol. The molecule has 1 amide bonds. The van der Waals surface area contributed by atoms with Crippen LogP contribution in [0, 0.1) is 12.7 Å². The molecule has 1 aromatic rings. The van der Waals surface area contributed by atoms with E-state index in [0.717, 1.165) is 18.9 Å². The molecule has 0 fully saturated rings. The van der Waals surface area contributed by atoms with Gasteiger partial charge in [-0.1, -0.05) is 13.3 Å². The Morgan fingerprint density at radius 3 is 2.50 bits per heavy atom. The van der Waals surface area contributed by atoms with Crippen molar-refractivity contribution in [1.82, 2.24) is 4.90 Å². The second-order valence-corrected chi connectivity index (χ2v) is 7.16. The summed E-state index contributed by atoms with van der Waals surface area (Å²) in [5.74, 6) is -1.28. The Morgan fingerprint density at radius 2 is 2.00 bits per heavy atom. The third-order valence-corrected chi connectivity index (χ3v) is 4.25. The van der Waals surface area contributed by atoms with Gasteiger partial charge in [0, 0.05) is 29.8 Å². The Bertz CT molecular complexity index is 616. The van der Waals surface area contributed by atoms with E-state index in [-0.39, 0.29) is 17.0 Å². The molecule has 0 saturated carbocycles. The number of amides is 1. The number of halogens is 2. The molecule has 0 bridgehead atoms. The van der Waals surface area contributed by atoms with Crippen LogP contribution in [0.25, 0.3) is 0 Å². The van der Waals surface area contributed by atoms with Gasteiger partial charge in [0.05, 0.1) is 0 Å². The highest BCUT2D eigenvalue weighted by Gasteiger charge is 2.22. The lowest BCUT2D eigenvalue weighted by Crippen LogP contribution is -2.28. The van der Waals surface area contributed by atoms with E-state index in [9.17, 15) is 17.6 Å². The van der Waals surface area contributed by atoms with Crippen molar-refractivity contribution in [3.63, 3.8) is 0 Å². The van der Waals surface area contributed by atoms with Gasteiger partial charge in [0.25, 0.3) is 15.0 Å². The van der Waals surface area contributed by atoms with Gasteiger partial charge in [-0.15, -0.1) is 0 Å². The molecule has 0 spiro atoms. The molecular formula is C13H17ClFNO3S. The van der Waals surface area contributed by atoms with Crippen molar-refractivity contribution in [2.75, 3.05) is 13.6 Å². The summed E-state index contributed by atoms with van der Waals surface area (Å²) in [6.45, 7) is 3.94. The van der Waals surface area contributed by atoms with Crippen LogP contribution in [0.5, 0.6) is 0 Å². The molecule has 0 unspecified atom stereocenters. The number of hydrogen-bond donors (Lipinski definition) is 0. The zero-order valence-corrected chi connectivity index (χ0v) is 13.2. The number of hydrogen-bond acceptors (Lipinski definition) is 3. The number of unbranched alkanes of at least 4 members (excludes halogenated alkanes) is 1. The average Bonchev–Trinajstić information content (AvgIpc) is 2.36. The van der Waals surface area contributed by atoms with E-state index in [1.54, 1.807) is 7.05 Å². The third-order valence-electron chi connectivity index (χ3n) is 2.92. The van der Waals surface area contributed by atoms with Crippen LogP contribution in [0.4, 0.5) is 4.39 Å². The fourth-order valence-corrected chi connectivity index (χ4v) is 2.73. The second-order valence-electron chi connectivity index (χ2n) is 4.62. The summed E-state index contributed by atoms with van der Waals surface area (Å²) in [7, 11) is 2.57. The molecule has 0 aliphatic rings. The fraction of sp³-hybridized carbons (Fsp3) is 0.462. The molecule has 0 aliphatic heterocycles.